The van der Waals surface area contributed by atoms with Crippen LogP contribution in [0.25, 0.3) is 0 Å². The molecule has 0 saturated carbocycles. The van der Waals surface area contributed by atoms with Gasteiger partial charge in [-0.2, -0.15) is 0 Å². The summed E-state index contributed by atoms with van der Waals surface area (Å²) in [5.74, 6) is 0. The zero-order valence-electron chi connectivity index (χ0n) is 10.4. The van der Waals surface area contributed by atoms with E-state index in [1.165, 1.54) is 11.1 Å². The van der Waals surface area contributed by atoms with Gasteiger partial charge < -0.3 is 5.32 Å². The van der Waals surface area contributed by atoms with Crippen molar-refractivity contribution in [3.63, 3.8) is 0 Å². The smallest absolute Gasteiger partial charge is 0.0291 e. The molecule has 1 N–H and O–H groups in total. The van der Waals surface area contributed by atoms with Gasteiger partial charge in [0.05, 0.1) is 0 Å². The van der Waals surface area contributed by atoms with E-state index in [0.29, 0.717) is 6.04 Å². The molecule has 1 aromatic carbocycles. The van der Waals surface area contributed by atoms with E-state index >= 15 is 0 Å². The average molecular weight is 305 g/mol. The van der Waals surface area contributed by atoms with Crippen molar-refractivity contribution in [3.05, 3.63) is 64.4 Å². The lowest BCUT2D eigenvalue weighted by Crippen LogP contribution is -2.21. The van der Waals surface area contributed by atoms with E-state index in [0.717, 1.165) is 17.4 Å². The van der Waals surface area contributed by atoms with Gasteiger partial charge in [0.25, 0.3) is 0 Å². The quantitative estimate of drug-likeness (QED) is 0.910. The monoisotopic (exact) mass is 304 g/mol. The van der Waals surface area contributed by atoms with Crippen molar-refractivity contribution in [2.45, 2.75) is 19.4 Å². The summed E-state index contributed by atoms with van der Waals surface area (Å²) in [6.07, 6.45) is 4.71. The van der Waals surface area contributed by atoms with Gasteiger partial charge in [-0.1, -0.05) is 28.1 Å². The summed E-state index contributed by atoms with van der Waals surface area (Å²) < 4.78 is 1.12. The maximum absolute atomic E-state index is 4.02. The predicted octanol–water partition coefficient (Wildman–Crippen LogP) is 3.74. The Bertz CT molecular complexity index is 468. The zero-order chi connectivity index (χ0) is 12.8. The Balaban J connectivity index is 1.81. The van der Waals surface area contributed by atoms with Crippen molar-refractivity contribution in [1.82, 2.24) is 10.3 Å². The molecule has 0 fully saturated rings. The highest BCUT2D eigenvalue weighted by atomic mass is 79.9. The minimum absolute atomic E-state index is 0.375. The van der Waals surface area contributed by atoms with Crippen LogP contribution in [0.2, 0.25) is 0 Å². The molecule has 0 bridgehead atoms. The van der Waals surface area contributed by atoms with Crippen LogP contribution < -0.4 is 5.32 Å². The van der Waals surface area contributed by atoms with Crippen molar-refractivity contribution in [3.8, 4) is 0 Å². The van der Waals surface area contributed by atoms with E-state index in [1.807, 2.05) is 12.4 Å². The Morgan fingerprint density at radius 1 is 1.11 bits per heavy atom. The highest BCUT2D eigenvalue weighted by Gasteiger charge is 2.03. The lowest BCUT2D eigenvalue weighted by molar-refractivity contribution is 0.576. The molecule has 18 heavy (non-hydrogen) atoms. The summed E-state index contributed by atoms with van der Waals surface area (Å²) >= 11 is 3.45. The average Bonchev–Trinajstić information content (AvgIpc) is 2.40. The molecule has 0 aliphatic heterocycles. The number of rotatable bonds is 5. The number of pyridine rings is 1. The van der Waals surface area contributed by atoms with E-state index in [9.17, 15) is 0 Å². The van der Waals surface area contributed by atoms with Gasteiger partial charge in [-0.25, -0.2) is 0 Å². The van der Waals surface area contributed by atoms with Gasteiger partial charge in [0, 0.05) is 22.9 Å². The first kappa shape index (κ1) is 13.2. The van der Waals surface area contributed by atoms with E-state index in [2.05, 4.69) is 69.6 Å². The molecule has 94 valence electrons. The van der Waals surface area contributed by atoms with Crippen molar-refractivity contribution >= 4 is 15.9 Å². The molecule has 0 saturated heterocycles. The third-order valence-corrected chi connectivity index (χ3v) is 3.51. The molecule has 2 rings (SSSR count). The lowest BCUT2D eigenvalue weighted by Gasteiger charge is -2.14. The maximum Gasteiger partial charge on any atom is 0.0291 e. The first-order chi connectivity index (χ1) is 8.75. The maximum atomic E-state index is 4.02. The summed E-state index contributed by atoms with van der Waals surface area (Å²) in [7, 11) is 0. The molecule has 0 amide bonds. The van der Waals surface area contributed by atoms with Crippen LogP contribution in [0, 0.1) is 0 Å². The molecule has 0 spiro atoms. The molecule has 0 aliphatic carbocycles. The summed E-state index contributed by atoms with van der Waals surface area (Å²) in [4.78, 5) is 4.02. The fourth-order valence-electron chi connectivity index (χ4n) is 1.85. The van der Waals surface area contributed by atoms with Gasteiger partial charge in [0.1, 0.15) is 0 Å². The minimum atomic E-state index is 0.375. The van der Waals surface area contributed by atoms with Crippen LogP contribution in [-0.2, 0) is 6.42 Å². The molecule has 1 aromatic heterocycles. The highest BCUT2D eigenvalue weighted by molar-refractivity contribution is 9.10. The minimum Gasteiger partial charge on any atom is -0.310 e. The van der Waals surface area contributed by atoms with Crippen LogP contribution >= 0.6 is 15.9 Å². The number of benzene rings is 1. The number of aromatic nitrogens is 1. The van der Waals surface area contributed by atoms with Gasteiger partial charge in [0.2, 0.25) is 0 Å². The first-order valence-electron chi connectivity index (χ1n) is 6.13. The van der Waals surface area contributed by atoms with Crippen molar-refractivity contribution in [2.75, 3.05) is 6.54 Å². The molecule has 0 aliphatic rings. The fourth-order valence-corrected chi connectivity index (χ4v) is 2.12. The third kappa shape index (κ3) is 3.93. The summed E-state index contributed by atoms with van der Waals surface area (Å²) in [5, 5.41) is 3.53. The second kappa shape index (κ2) is 6.66. The van der Waals surface area contributed by atoms with Crippen LogP contribution in [0.3, 0.4) is 0 Å². The molecule has 1 heterocycles. The fraction of sp³-hybridized carbons (Fsp3) is 0.267. The van der Waals surface area contributed by atoms with Crippen molar-refractivity contribution in [1.29, 1.82) is 0 Å². The predicted molar refractivity (Wildman–Crippen MR) is 78.5 cm³/mol. The Hall–Kier alpha value is -1.19. The lowest BCUT2D eigenvalue weighted by atomic mass is 10.1. The van der Waals surface area contributed by atoms with Crippen molar-refractivity contribution < 1.29 is 0 Å². The van der Waals surface area contributed by atoms with Gasteiger partial charge in [0.15, 0.2) is 0 Å². The summed E-state index contributed by atoms with van der Waals surface area (Å²) in [5.41, 5.74) is 2.63. The van der Waals surface area contributed by atoms with E-state index < -0.39 is 0 Å². The van der Waals surface area contributed by atoms with Crippen LogP contribution in [0.15, 0.2) is 53.3 Å². The number of hydrogen-bond donors (Lipinski definition) is 1. The molecule has 2 nitrogen and oxygen atoms in total. The van der Waals surface area contributed by atoms with Crippen LogP contribution in [-0.4, -0.2) is 11.5 Å². The van der Waals surface area contributed by atoms with Gasteiger partial charge >= 0.3 is 0 Å². The molecule has 3 heteroatoms. The summed E-state index contributed by atoms with van der Waals surface area (Å²) in [6, 6.07) is 13.0. The Labute approximate surface area is 117 Å². The van der Waals surface area contributed by atoms with E-state index in [-0.39, 0.29) is 0 Å². The second-order valence-electron chi connectivity index (χ2n) is 4.33. The standard InChI is InChI=1S/C15H17BrN2/c1-12(14-2-4-15(16)5-3-14)18-11-8-13-6-9-17-10-7-13/h2-7,9-10,12,18H,8,11H2,1H3. The number of halogens is 1. The van der Waals surface area contributed by atoms with Gasteiger partial charge in [-0.05, 0) is 55.3 Å². The first-order valence-corrected chi connectivity index (χ1v) is 6.93. The topological polar surface area (TPSA) is 24.9 Å². The largest absolute Gasteiger partial charge is 0.310 e. The number of nitrogens with one attached hydrogen (secondary N) is 1. The van der Waals surface area contributed by atoms with Crippen molar-refractivity contribution in [2.24, 2.45) is 0 Å². The van der Waals surface area contributed by atoms with Gasteiger partial charge in [-0.3, -0.25) is 4.98 Å². The van der Waals surface area contributed by atoms with E-state index in [4.69, 9.17) is 0 Å². The molecule has 2 aromatic rings. The SMILES string of the molecule is CC(NCCc1ccncc1)c1ccc(Br)cc1. The normalized spacial score (nSPS) is 12.3. The highest BCUT2D eigenvalue weighted by Crippen LogP contribution is 2.16. The van der Waals surface area contributed by atoms with E-state index in [1.54, 1.807) is 0 Å². The van der Waals surface area contributed by atoms with Crippen LogP contribution in [0.4, 0.5) is 0 Å². The molecule has 1 unspecified atom stereocenters. The Kier molecular flexibility index (Phi) is 4.90. The second-order valence-corrected chi connectivity index (χ2v) is 5.25. The Morgan fingerprint density at radius 2 is 1.78 bits per heavy atom. The number of hydrogen-bond acceptors (Lipinski definition) is 2. The summed E-state index contributed by atoms with van der Waals surface area (Å²) in [6.45, 7) is 3.16. The number of nitrogens with zero attached hydrogens (tertiary/aromatic N) is 1. The zero-order valence-corrected chi connectivity index (χ0v) is 12.0. The molecular weight excluding hydrogens is 288 g/mol. The molecule has 0 radical (unpaired) electrons. The third-order valence-electron chi connectivity index (χ3n) is 2.98. The molecule has 1 atom stereocenters. The Morgan fingerprint density at radius 3 is 2.44 bits per heavy atom. The van der Waals surface area contributed by atoms with Gasteiger partial charge in [-0.15, -0.1) is 0 Å². The van der Waals surface area contributed by atoms with Crippen LogP contribution in [0.5, 0.6) is 0 Å². The molecular formula is C15H17BrN2. The van der Waals surface area contributed by atoms with Crippen LogP contribution in [0.1, 0.15) is 24.1 Å².